The summed E-state index contributed by atoms with van der Waals surface area (Å²) in [5.74, 6) is 0.192. The highest BCUT2D eigenvalue weighted by molar-refractivity contribution is 5.80. The summed E-state index contributed by atoms with van der Waals surface area (Å²) in [6.45, 7) is 7.83. The highest BCUT2D eigenvalue weighted by atomic mass is 16.6. The van der Waals surface area contributed by atoms with E-state index < -0.39 is 11.7 Å². The van der Waals surface area contributed by atoms with Crippen LogP contribution in [0.4, 0.5) is 4.79 Å². The number of aromatic nitrogens is 2. The van der Waals surface area contributed by atoms with Crippen molar-refractivity contribution in [3.05, 3.63) is 24.4 Å². The van der Waals surface area contributed by atoms with E-state index in [1.807, 2.05) is 27.7 Å². The number of hydrogen-bond donors (Lipinski definition) is 2. The van der Waals surface area contributed by atoms with Crippen molar-refractivity contribution < 1.29 is 14.6 Å². The van der Waals surface area contributed by atoms with Crippen molar-refractivity contribution >= 4 is 17.0 Å². The molecule has 1 heterocycles. The Morgan fingerprint density at radius 3 is 2.86 bits per heavy atom. The van der Waals surface area contributed by atoms with Gasteiger partial charge in [-0.05, 0) is 39.8 Å². The standard InChI is InChI=1S/C15H21N3O3/c1-10(17-14(20)21-15(2,3)4)9-18-13-7-12(19)6-5-11(13)8-16-18/h5-8,10,19H,9H2,1-4H3,(H,17,20). The van der Waals surface area contributed by atoms with Gasteiger partial charge < -0.3 is 15.2 Å². The zero-order valence-corrected chi connectivity index (χ0v) is 12.8. The lowest BCUT2D eigenvalue weighted by Gasteiger charge is -2.22. The second-order valence-electron chi connectivity index (χ2n) is 6.12. The fourth-order valence-corrected chi connectivity index (χ4v) is 2.02. The van der Waals surface area contributed by atoms with E-state index in [0.29, 0.717) is 6.54 Å². The first-order valence-electron chi connectivity index (χ1n) is 6.88. The maximum atomic E-state index is 11.7. The Morgan fingerprint density at radius 2 is 2.19 bits per heavy atom. The molecule has 6 nitrogen and oxygen atoms in total. The van der Waals surface area contributed by atoms with Crippen LogP contribution in [0.5, 0.6) is 5.75 Å². The molecule has 2 N–H and O–H groups in total. The maximum Gasteiger partial charge on any atom is 0.407 e. The fraction of sp³-hybridized carbons (Fsp3) is 0.467. The van der Waals surface area contributed by atoms with Gasteiger partial charge >= 0.3 is 6.09 Å². The van der Waals surface area contributed by atoms with Crippen LogP contribution in [0, 0.1) is 0 Å². The van der Waals surface area contributed by atoms with Crippen LogP contribution >= 0.6 is 0 Å². The summed E-state index contributed by atoms with van der Waals surface area (Å²) in [4.78, 5) is 11.7. The minimum atomic E-state index is -0.520. The molecule has 0 aliphatic carbocycles. The normalized spacial score (nSPS) is 13.1. The van der Waals surface area contributed by atoms with Gasteiger partial charge in [0, 0.05) is 17.5 Å². The monoisotopic (exact) mass is 291 g/mol. The van der Waals surface area contributed by atoms with Crippen LogP contribution in [-0.4, -0.2) is 32.6 Å². The van der Waals surface area contributed by atoms with Gasteiger partial charge in [0.1, 0.15) is 11.4 Å². The lowest BCUT2D eigenvalue weighted by Crippen LogP contribution is -2.39. The van der Waals surface area contributed by atoms with Crippen LogP contribution in [0.1, 0.15) is 27.7 Å². The summed E-state index contributed by atoms with van der Waals surface area (Å²) >= 11 is 0. The van der Waals surface area contributed by atoms with E-state index in [4.69, 9.17) is 4.74 Å². The van der Waals surface area contributed by atoms with E-state index in [1.165, 1.54) is 0 Å². The second kappa shape index (κ2) is 5.63. The molecule has 0 aliphatic heterocycles. The quantitative estimate of drug-likeness (QED) is 0.911. The zero-order chi connectivity index (χ0) is 15.6. The van der Waals surface area contributed by atoms with E-state index in [9.17, 15) is 9.90 Å². The van der Waals surface area contributed by atoms with Crippen molar-refractivity contribution in [1.82, 2.24) is 15.1 Å². The molecular weight excluding hydrogens is 270 g/mol. The minimum Gasteiger partial charge on any atom is -0.508 e. The summed E-state index contributed by atoms with van der Waals surface area (Å²) in [7, 11) is 0. The third-order valence-electron chi connectivity index (χ3n) is 2.84. The van der Waals surface area contributed by atoms with Crippen LogP contribution in [0.3, 0.4) is 0 Å². The van der Waals surface area contributed by atoms with Gasteiger partial charge in [-0.25, -0.2) is 4.79 Å². The molecular formula is C15H21N3O3. The molecule has 0 fully saturated rings. The van der Waals surface area contributed by atoms with Crippen LogP contribution in [0.25, 0.3) is 10.9 Å². The van der Waals surface area contributed by atoms with Crippen molar-refractivity contribution in [2.24, 2.45) is 0 Å². The van der Waals surface area contributed by atoms with Crippen molar-refractivity contribution in [2.45, 2.75) is 45.9 Å². The van der Waals surface area contributed by atoms with E-state index in [-0.39, 0.29) is 11.8 Å². The lowest BCUT2D eigenvalue weighted by molar-refractivity contribution is 0.0504. The first kappa shape index (κ1) is 15.2. The van der Waals surface area contributed by atoms with E-state index in [2.05, 4.69) is 10.4 Å². The second-order valence-corrected chi connectivity index (χ2v) is 6.12. The van der Waals surface area contributed by atoms with Crippen LogP contribution in [0.2, 0.25) is 0 Å². The number of carbonyl (C=O) groups excluding carboxylic acids is 1. The predicted molar refractivity (Wildman–Crippen MR) is 80.2 cm³/mol. The highest BCUT2D eigenvalue weighted by Crippen LogP contribution is 2.19. The first-order valence-corrected chi connectivity index (χ1v) is 6.88. The third kappa shape index (κ3) is 4.11. The van der Waals surface area contributed by atoms with E-state index in [0.717, 1.165) is 10.9 Å². The molecule has 2 rings (SSSR count). The van der Waals surface area contributed by atoms with Crippen molar-refractivity contribution in [3.63, 3.8) is 0 Å². The van der Waals surface area contributed by atoms with Crippen molar-refractivity contribution in [3.8, 4) is 5.75 Å². The van der Waals surface area contributed by atoms with Gasteiger partial charge in [-0.2, -0.15) is 5.10 Å². The molecule has 1 amide bonds. The number of rotatable bonds is 3. The highest BCUT2D eigenvalue weighted by Gasteiger charge is 2.18. The molecule has 2 aromatic rings. The van der Waals surface area contributed by atoms with Gasteiger partial charge in [0.25, 0.3) is 0 Å². The molecule has 0 spiro atoms. The number of aromatic hydroxyl groups is 1. The Bertz CT molecular complexity index is 643. The van der Waals surface area contributed by atoms with Crippen LogP contribution in [-0.2, 0) is 11.3 Å². The smallest absolute Gasteiger partial charge is 0.407 e. The Morgan fingerprint density at radius 1 is 1.48 bits per heavy atom. The maximum absolute atomic E-state index is 11.7. The van der Waals surface area contributed by atoms with Gasteiger partial charge in [0.05, 0.1) is 18.3 Å². The lowest BCUT2D eigenvalue weighted by atomic mass is 10.2. The molecule has 114 valence electrons. The van der Waals surface area contributed by atoms with Gasteiger partial charge in [-0.15, -0.1) is 0 Å². The molecule has 1 aromatic heterocycles. The number of nitrogens with one attached hydrogen (secondary N) is 1. The molecule has 0 saturated carbocycles. The third-order valence-corrected chi connectivity index (χ3v) is 2.84. The largest absolute Gasteiger partial charge is 0.508 e. The number of alkyl carbamates (subject to hydrolysis) is 1. The summed E-state index contributed by atoms with van der Waals surface area (Å²) in [5.41, 5.74) is 0.307. The summed E-state index contributed by atoms with van der Waals surface area (Å²) < 4.78 is 6.96. The van der Waals surface area contributed by atoms with Crippen molar-refractivity contribution in [2.75, 3.05) is 0 Å². The van der Waals surface area contributed by atoms with E-state index >= 15 is 0 Å². The Kier molecular flexibility index (Phi) is 4.06. The number of phenols is 1. The number of ether oxygens (including phenoxy) is 1. The van der Waals surface area contributed by atoms with Crippen molar-refractivity contribution in [1.29, 1.82) is 0 Å². The zero-order valence-electron chi connectivity index (χ0n) is 12.8. The van der Waals surface area contributed by atoms with Gasteiger partial charge in [-0.1, -0.05) is 0 Å². The number of phenolic OH excluding ortho intramolecular Hbond substituents is 1. The van der Waals surface area contributed by atoms with Gasteiger partial charge in [0.15, 0.2) is 0 Å². The Hall–Kier alpha value is -2.24. The molecule has 1 atom stereocenters. The molecule has 0 radical (unpaired) electrons. The van der Waals surface area contributed by atoms with E-state index in [1.54, 1.807) is 29.1 Å². The molecule has 0 saturated heterocycles. The average Bonchev–Trinajstić information content (AvgIpc) is 2.69. The number of benzene rings is 1. The predicted octanol–water partition coefficient (Wildman–Crippen LogP) is 2.66. The number of nitrogens with zero attached hydrogens (tertiary/aromatic N) is 2. The number of hydrogen-bond acceptors (Lipinski definition) is 4. The molecule has 0 bridgehead atoms. The molecule has 1 unspecified atom stereocenters. The summed E-state index contributed by atoms with van der Waals surface area (Å²) in [5, 5.41) is 17.5. The Balaban J connectivity index is 2.03. The summed E-state index contributed by atoms with van der Waals surface area (Å²) in [6, 6.07) is 4.93. The fourth-order valence-electron chi connectivity index (χ4n) is 2.02. The molecule has 21 heavy (non-hydrogen) atoms. The van der Waals surface area contributed by atoms with Gasteiger partial charge in [-0.3, -0.25) is 4.68 Å². The number of carbonyl (C=O) groups is 1. The van der Waals surface area contributed by atoms with Crippen LogP contribution in [0.15, 0.2) is 24.4 Å². The topological polar surface area (TPSA) is 76.4 Å². The van der Waals surface area contributed by atoms with Crippen LogP contribution < -0.4 is 5.32 Å². The molecule has 6 heteroatoms. The average molecular weight is 291 g/mol. The molecule has 1 aromatic carbocycles. The SMILES string of the molecule is CC(Cn1ncc2ccc(O)cc21)NC(=O)OC(C)(C)C. The molecule has 0 aliphatic rings. The minimum absolute atomic E-state index is 0.148. The van der Waals surface area contributed by atoms with Gasteiger partial charge in [0.2, 0.25) is 0 Å². The summed E-state index contributed by atoms with van der Waals surface area (Å²) in [6.07, 6.45) is 1.28. The Labute approximate surface area is 123 Å². The number of amides is 1. The number of fused-ring (bicyclic) bond motifs is 1. The first-order chi connectivity index (χ1) is 9.74.